The molecule has 0 aliphatic carbocycles. The molecule has 1 saturated heterocycles. The third kappa shape index (κ3) is 3.14. The van der Waals surface area contributed by atoms with E-state index in [1.807, 2.05) is 30.3 Å². The van der Waals surface area contributed by atoms with Crippen molar-refractivity contribution in [2.24, 2.45) is 11.8 Å². The molecule has 1 aromatic heterocycles. The summed E-state index contributed by atoms with van der Waals surface area (Å²) in [7, 11) is 0. The topological polar surface area (TPSA) is 66.3 Å². The number of carboxylic acids is 1. The lowest BCUT2D eigenvalue weighted by atomic mass is 9.96. The third-order valence-corrected chi connectivity index (χ3v) is 4.80. The number of aliphatic carboxylic acids is 1. The van der Waals surface area contributed by atoms with Gasteiger partial charge in [-0.1, -0.05) is 41.7 Å². The molecule has 9 heteroatoms. The molecule has 0 radical (unpaired) electrons. The van der Waals surface area contributed by atoms with Crippen LogP contribution in [0, 0.1) is 11.8 Å². The number of carbonyl (C=O) groups is 1. The van der Waals surface area contributed by atoms with Crippen molar-refractivity contribution in [2.75, 3.05) is 18.0 Å². The third-order valence-electron chi connectivity index (χ3n) is 3.76. The quantitative estimate of drug-likeness (QED) is 0.928. The summed E-state index contributed by atoms with van der Waals surface area (Å²) >= 11 is 1.15. The van der Waals surface area contributed by atoms with E-state index < -0.39 is 30.5 Å². The molecule has 122 valence electrons. The summed E-state index contributed by atoms with van der Waals surface area (Å²) in [4.78, 5) is 12.5. The molecule has 1 fully saturated rings. The van der Waals surface area contributed by atoms with Crippen molar-refractivity contribution in [1.82, 2.24) is 10.2 Å². The number of hydrogen-bond donors (Lipinski definition) is 1. The summed E-state index contributed by atoms with van der Waals surface area (Å²) in [5.74, 6) is -4.83. The van der Waals surface area contributed by atoms with Crippen molar-refractivity contribution < 1.29 is 23.1 Å². The van der Waals surface area contributed by atoms with Crippen molar-refractivity contribution >= 4 is 22.4 Å². The number of hydrogen-bond acceptors (Lipinski definition) is 5. The van der Waals surface area contributed by atoms with Gasteiger partial charge in [0, 0.05) is 18.7 Å². The number of alkyl halides is 3. The van der Waals surface area contributed by atoms with Gasteiger partial charge in [-0.25, -0.2) is 0 Å². The number of anilines is 1. The van der Waals surface area contributed by atoms with Crippen LogP contribution < -0.4 is 4.90 Å². The highest BCUT2D eigenvalue weighted by molar-refractivity contribution is 7.18. The zero-order valence-corrected chi connectivity index (χ0v) is 12.5. The highest BCUT2D eigenvalue weighted by Crippen LogP contribution is 2.40. The van der Waals surface area contributed by atoms with Gasteiger partial charge in [-0.2, -0.15) is 13.2 Å². The van der Waals surface area contributed by atoms with Crippen LogP contribution in [-0.4, -0.2) is 40.5 Å². The lowest BCUT2D eigenvalue weighted by Gasteiger charge is -2.17. The predicted octanol–water partition coefficient (Wildman–Crippen LogP) is 2.90. The van der Waals surface area contributed by atoms with E-state index in [0.29, 0.717) is 10.1 Å². The number of aromatic nitrogens is 2. The molecule has 0 amide bonds. The van der Waals surface area contributed by atoms with Crippen LogP contribution >= 0.6 is 11.3 Å². The van der Waals surface area contributed by atoms with Gasteiger partial charge in [-0.15, -0.1) is 10.2 Å². The summed E-state index contributed by atoms with van der Waals surface area (Å²) < 4.78 is 39.0. The van der Waals surface area contributed by atoms with Gasteiger partial charge in [0.2, 0.25) is 5.13 Å². The van der Waals surface area contributed by atoms with Gasteiger partial charge in [0.1, 0.15) is 5.01 Å². The van der Waals surface area contributed by atoms with Crippen molar-refractivity contribution in [3.05, 3.63) is 30.3 Å². The van der Waals surface area contributed by atoms with Crippen LogP contribution in [0.2, 0.25) is 0 Å². The maximum atomic E-state index is 13.0. The maximum Gasteiger partial charge on any atom is 0.394 e. The van der Waals surface area contributed by atoms with E-state index in [1.165, 1.54) is 4.90 Å². The van der Waals surface area contributed by atoms with Gasteiger partial charge in [-0.3, -0.25) is 4.79 Å². The van der Waals surface area contributed by atoms with E-state index >= 15 is 0 Å². The molecule has 2 heterocycles. The smallest absolute Gasteiger partial charge is 0.394 e. The van der Waals surface area contributed by atoms with Crippen LogP contribution in [0.15, 0.2) is 30.3 Å². The minimum atomic E-state index is -4.55. The molecule has 0 saturated carbocycles. The first-order valence-electron chi connectivity index (χ1n) is 6.79. The van der Waals surface area contributed by atoms with Crippen LogP contribution in [-0.2, 0) is 4.79 Å². The van der Waals surface area contributed by atoms with Crippen LogP contribution in [0.4, 0.5) is 18.3 Å². The second kappa shape index (κ2) is 5.80. The van der Waals surface area contributed by atoms with E-state index in [0.717, 1.165) is 16.9 Å². The highest BCUT2D eigenvalue weighted by atomic mass is 32.1. The second-order valence-electron chi connectivity index (χ2n) is 5.25. The number of rotatable bonds is 3. The molecule has 1 aliphatic heterocycles. The first-order valence-corrected chi connectivity index (χ1v) is 7.61. The normalized spacial score (nSPS) is 21.6. The molecule has 0 bridgehead atoms. The van der Waals surface area contributed by atoms with Gasteiger partial charge in [0.25, 0.3) is 0 Å². The Bertz CT molecular complexity index is 705. The zero-order chi connectivity index (χ0) is 16.6. The van der Waals surface area contributed by atoms with Crippen molar-refractivity contribution in [3.8, 4) is 10.6 Å². The Morgan fingerprint density at radius 2 is 1.91 bits per heavy atom. The van der Waals surface area contributed by atoms with Crippen LogP contribution in [0.5, 0.6) is 0 Å². The van der Waals surface area contributed by atoms with Gasteiger partial charge in [0.15, 0.2) is 0 Å². The van der Waals surface area contributed by atoms with E-state index in [9.17, 15) is 18.0 Å². The van der Waals surface area contributed by atoms with Gasteiger partial charge >= 0.3 is 12.1 Å². The standard InChI is InChI=1S/C14H12F3N3O2S/c15-14(16,17)10-7-20(6-9(10)12(21)22)13-19-18-11(23-13)8-4-2-1-3-5-8/h1-5,9-10H,6-7H2,(H,21,22)/t9-,10-/m1/s1. The van der Waals surface area contributed by atoms with Crippen molar-refractivity contribution in [2.45, 2.75) is 6.18 Å². The minimum Gasteiger partial charge on any atom is -0.481 e. The van der Waals surface area contributed by atoms with E-state index in [2.05, 4.69) is 10.2 Å². The van der Waals surface area contributed by atoms with Gasteiger partial charge in [0.05, 0.1) is 11.8 Å². The highest BCUT2D eigenvalue weighted by Gasteiger charge is 2.53. The Kier molecular flexibility index (Phi) is 3.97. The molecule has 23 heavy (non-hydrogen) atoms. The Hall–Kier alpha value is -2.16. The molecule has 3 rings (SSSR count). The van der Waals surface area contributed by atoms with E-state index in [-0.39, 0.29) is 6.54 Å². The molecule has 1 aromatic carbocycles. The number of halogens is 3. The Morgan fingerprint density at radius 3 is 2.48 bits per heavy atom. The molecule has 1 aliphatic rings. The molecule has 2 atom stereocenters. The summed E-state index contributed by atoms with van der Waals surface area (Å²) in [6.45, 7) is -0.632. The zero-order valence-electron chi connectivity index (χ0n) is 11.7. The fraction of sp³-hybridized carbons (Fsp3) is 0.357. The molecule has 1 N–H and O–H groups in total. The lowest BCUT2D eigenvalue weighted by molar-refractivity contribution is -0.187. The molecule has 0 spiro atoms. The summed E-state index contributed by atoms with van der Waals surface area (Å²) in [6.07, 6.45) is -4.55. The first-order chi connectivity index (χ1) is 10.9. The van der Waals surface area contributed by atoms with Crippen LogP contribution in [0.3, 0.4) is 0 Å². The summed E-state index contributed by atoms with van der Waals surface area (Å²) in [5.41, 5.74) is 0.817. The van der Waals surface area contributed by atoms with Gasteiger partial charge in [-0.05, 0) is 0 Å². The number of benzene rings is 1. The molecular formula is C14H12F3N3O2S. The summed E-state index contributed by atoms with van der Waals surface area (Å²) in [6, 6.07) is 9.15. The van der Waals surface area contributed by atoms with Crippen LogP contribution in [0.1, 0.15) is 0 Å². The van der Waals surface area contributed by atoms with Gasteiger partial charge < -0.3 is 10.0 Å². The van der Waals surface area contributed by atoms with E-state index in [4.69, 9.17) is 5.11 Å². The van der Waals surface area contributed by atoms with E-state index in [1.54, 1.807) is 0 Å². The van der Waals surface area contributed by atoms with Crippen molar-refractivity contribution in [1.29, 1.82) is 0 Å². The Labute approximate surface area is 133 Å². The molecular weight excluding hydrogens is 331 g/mol. The Morgan fingerprint density at radius 1 is 1.22 bits per heavy atom. The lowest BCUT2D eigenvalue weighted by Crippen LogP contribution is -2.33. The van der Waals surface area contributed by atoms with Crippen molar-refractivity contribution in [3.63, 3.8) is 0 Å². The molecule has 5 nitrogen and oxygen atoms in total. The molecule has 0 unspecified atom stereocenters. The molecule has 2 aromatic rings. The summed E-state index contributed by atoms with van der Waals surface area (Å²) in [5, 5.41) is 17.8. The first kappa shape index (κ1) is 15.7. The second-order valence-corrected chi connectivity index (χ2v) is 6.21. The average Bonchev–Trinajstić information content (AvgIpc) is 3.14. The minimum absolute atomic E-state index is 0.219. The SMILES string of the molecule is O=C(O)[C@@H]1CN(c2nnc(-c3ccccc3)s2)C[C@H]1C(F)(F)F. The fourth-order valence-electron chi connectivity index (χ4n) is 2.58. The Balaban J connectivity index is 1.83. The monoisotopic (exact) mass is 343 g/mol. The fourth-order valence-corrected chi connectivity index (χ4v) is 3.45. The van der Waals surface area contributed by atoms with Crippen LogP contribution in [0.25, 0.3) is 10.6 Å². The predicted molar refractivity (Wildman–Crippen MR) is 78.2 cm³/mol. The average molecular weight is 343 g/mol. The maximum absolute atomic E-state index is 13.0. The number of nitrogens with zero attached hydrogens (tertiary/aromatic N) is 3. The largest absolute Gasteiger partial charge is 0.481 e. The number of carboxylic acid groups (broad SMARTS) is 1.